The van der Waals surface area contributed by atoms with E-state index in [0.717, 1.165) is 23.3 Å². The molecule has 0 aromatic heterocycles. The molecule has 0 saturated carbocycles. The van der Waals surface area contributed by atoms with Crippen molar-refractivity contribution in [3.63, 3.8) is 0 Å². The summed E-state index contributed by atoms with van der Waals surface area (Å²) in [6.07, 6.45) is 0. The average molecular weight is 314 g/mol. The minimum absolute atomic E-state index is 0.538. The Balaban J connectivity index is 2.88. The van der Waals surface area contributed by atoms with Crippen molar-refractivity contribution in [3.8, 4) is 5.75 Å². The number of benzene rings is 1. The second kappa shape index (κ2) is 7.15. The molecule has 1 aromatic carbocycles. The van der Waals surface area contributed by atoms with Crippen LogP contribution in [0.4, 0.5) is 0 Å². The van der Waals surface area contributed by atoms with Crippen LogP contribution in [0.5, 0.6) is 5.75 Å². The summed E-state index contributed by atoms with van der Waals surface area (Å²) >= 11 is 3.53. The molecule has 0 fully saturated rings. The lowest BCUT2D eigenvalue weighted by Gasteiger charge is -2.29. The summed E-state index contributed by atoms with van der Waals surface area (Å²) in [6.45, 7) is 11.0. The zero-order valence-corrected chi connectivity index (χ0v) is 13.6. The average Bonchev–Trinajstić information content (AvgIpc) is 2.27. The van der Waals surface area contributed by atoms with Crippen molar-refractivity contribution < 1.29 is 4.74 Å². The quantitative estimate of drug-likeness (QED) is 0.775. The van der Waals surface area contributed by atoms with Crippen LogP contribution in [0.25, 0.3) is 0 Å². The summed E-state index contributed by atoms with van der Waals surface area (Å²) in [5.41, 5.74) is 1.24. The van der Waals surface area contributed by atoms with Crippen molar-refractivity contribution in [1.29, 1.82) is 0 Å². The minimum atomic E-state index is 0.538. The number of rotatable bonds is 6. The Morgan fingerprint density at radius 2 is 1.89 bits per heavy atom. The van der Waals surface area contributed by atoms with E-state index in [0.29, 0.717) is 12.0 Å². The first-order chi connectivity index (χ1) is 8.43. The molecule has 0 aliphatic carbocycles. The monoisotopic (exact) mass is 313 g/mol. The maximum Gasteiger partial charge on any atom is 0.123 e. The molecular weight excluding hydrogens is 290 g/mol. The van der Waals surface area contributed by atoms with E-state index >= 15 is 0 Å². The van der Waals surface area contributed by atoms with Crippen molar-refractivity contribution in [3.05, 3.63) is 28.2 Å². The van der Waals surface area contributed by atoms with Crippen molar-refractivity contribution in [2.24, 2.45) is 5.92 Å². The highest BCUT2D eigenvalue weighted by Crippen LogP contribution is 2.25. The second-order valence-electron chi connectivity index (χ2n) is 5.37. The van der Waals surface area contributed by atoms with Gasteiger partial charge in [0.2, 0.25) is 0 Å². The van der Waals surface area contributed by atoms with E-state index in [1.54, 1.807) is 7.11 Å². The lowest BCUT2D eigenvalue weighted by molar-refractivity contribution is 0.187. The van der Waals surface area contributed by atoms with Gasteiger partial charge in [-0.25, -0.2) is 0 Å². The summed E-state index contributed by atoms with van der Waals surface area (Å²) in [5.74, 6) is 1.64. The molecule has 102 valence electrons. The first-order valence-electron chi connectivity index (χ1n) is 6.50. The van der Waals surface area contributed by atoms with E-state index in [1.807, 2.05) is 12.1 Å². The SMILES string of the molecule is COc1ccc(Br)cc1CN(CC(C)C)C(C)C. The molecule has 0 aliphatic rings. The molecule has 3 heteroatoms. The third-order valence-corrected chi connectivity index (χ3v) is 3.44. The summed E-state index contributed by atoms with van der Waals surface area (Å²) in [5, 5.41) is 0. The van der Waals surface area contributed by atoms with Crippen molar-refractivity contribution in [1.82, 2.24) is 4.90 Å². The van der Waals surface area contributed by atoms with Gasteiger partial charge in [0.1, 0.15) is 5.75 Å². The smallest absolute Gasteiger partial charge is 0.123 e. The van der Waals surface area contributed by atoms with Gasteiger partial charge in [-0.15, -0.1) is 0 Å². The molecule has 1 aromatic rings. The molecule has 0 saturated heterocycles. The van der Waals surface area contributed by atoms with Crippen LogP contribution in [0.1, 0.15) is 33.3 Å². The van der Waals surface area contributed by atoms with Crippen LogP contribution in [0, 0.1) is 5.92 Å². The van der Waals surface area contributed by atoms with Gasteiger partial charge in [-0.1, -0.05) is 29.8 Å². The van der Waals surface area contributed by atoms with Crippen molar-refractivity contribution in [2.45, 2.75) is 40.3 Å². The Morgan fingerprint density at radius 3 is 2.39 bits per heavy atom. The molecule has 0 bridgehead atoms. The summed E-state index contributed by atoms with van der Waals surface area (Å²) in [4.78, 5) is 2.48. The first-order valence-corrected chi connectivity index (χ1v) is 7.29. The second-order valence-corrected chi connectivity index (χ2v) is 6.29. The van der Waals surface area contributed by atoms with E-state index in [-0.39, 0.29) is 0 Å². The van der Waals surface area contributed by atoms with Crippen molar-refractivity contribution >= 4 is 15.9 Å². The molecule has 0 atom stereocenters. The number of nitrogens with zero attached hydrogens (tertiary/aromatic N) is 1. The zero-order chi connectivity index (χ0) is 13.7. The molecule has 0 spiro atoms. The largest absolute Gasteiger partial charge is 0.496 e. The molecule has 1 rings (SSSR count). The lowest BCUT2D eigenvalue weighted by Crippen LogP contribution is -2.33. The Labute approximate surface area is 119 Å². The van der Waals surface area contributed by atoms with Crippen molar-refractivity contribution in [2.75, 3.05) is 13.7 Å². The number of hydrogen-bond acceptors (Lipinski definition) is 2. The van der Waals surface area contributed by atoms with Crippen LogP contribution in [-0.2, 0) is 6.54 Å². The number of methoxy groups -OCH3 is 1. The fraction of sp³-hybridized carbons (Fsp3) is 0.600. The van der Waals surface area contributed by atoms with E-state index in [9.17, 15) is 0 Å². The fourth-order valence-corrected chi connectivity index (χ4v) is 2.42. The predicted molar refractivity (Wildman–Crippen MR) is 81.1 cm³/mol. The normalized spacial score (nSPS) is 11.6. The van der Waals surface area contributed by atoms with Crippen LogP contribution in [0.15, 0.2) is 22.7 Å². The minimum Gasteiger partial charge on any atom is -0.496 e. The van der Waals surface area contributed by atoms with E-state index < -0.39 is 0 Å². The Kier molecular flexibility index (Phi) is 6.16. The fourth-order valence-electron chi connectivity index (χ4n) is 2.02. The van der Waals surface area contributed by atoms with Gasteiger partial charge in [0.05, 0.1) is 7.11 Å². The van der Waals surface area contributed by atoms with Gasteiger partial charge in [0.25, 0.3) is 0 Å². The van der Waals surface area contributed by atoms with E-state index in [4.69, 9.17) is 4.74 Å². The molecule has 0 aliphatic heterocycles. The summed E-state index contributed by atoms with van der Waals surface area (Å²) < 4.78 is 6.54. The molecule has 0 amide bonds. The summed E-state index contributed by atoms with van der Waals surface area (Å²) in [6, 6.07) is 6.72. The highest BCUT2D eigenvalue weighted by molar-refractivity contribution is 9.10. The van der Waals surface area contributed by atoms with Crippen LogP contribution in [0.2, 0.25) is 0 Å². The topological polar surface area (TPSA) is 12.5 Å². The van der Waals surface area contributed by atoms with Crippen LogP contribution in [0.3, 0.4) is 0 Å². The molecule has 18 heavy (non-hydrogen) atoms. The summed E-state index contributed by atoms with van der Waals surface area (Å²) in [7, 11) is 1.73. The predicted octanol–water partition coefficient (Wildman–Crippen LogP) is 4.32. The maximum atomic E-state index is 5.44. The molecule has 0 unspecified atom stereocenters. The number of hydrogen-bond donors (Lipinski definition) is 0. The first kappa shape index (κ1) is 15.5. The lowest BCUT2D eigenvalue weighted by atomic mass is 10.1. The maximum absolute atomic E-state index is 5.44. The van der Waals surface area contributed by atoms with Crippen LogP contribution < -0.4 is 4.74 Å². The number of halogens is 1. The third kappa shape index (κ3) is 4.62. The highest BCUT2D eigenvalue weighted by atomic mass is 79.9. The van der Waals surface area contributed by atoms with Gasteiger partial charge >= 0.3 is 0 Å². The van der Waals surface area contributed by atoms with Crippen LogP contribution >= 0.6 is 15.9 Å². The van der Waals surface area contributed by atoms with E-state index in [1.165, 1.54) is 5.56 Å². The Morgan fingerprint density at radius 1 is 1.22 bits per heavy atom. The Bertz CT molecular complexity index is 377. The highest BCUT2D eigenvalue weighted by Gasteiger charge is 2.14. The van der Waals surface area contributed by atoms with Gasteiger partial charge in [-0.05, 0) is 38.0 Å². The van der Waals surface area contributed by atoms with Gasteiger partial charge in [0.15, 0.2) is 0 Å². The van der Waals surface area contributed by atoms with E-state index in [2.05, 4.69) is 54.6 Å². The molecule has 2 nitrogen and oxygen atoms in total. The Hall–Kier alpha value is -0.540. The molecule has 0 heterocycles. The standard InChI is InChI=1S/C15H24BrNO/c1-11(2)9-17(12(3)4)10-13-8-14(16)6-7-15(13)18-5/h6-8,11-12H,9-10H2,1-5H3. The van der Waals surface area contributed by atoms with Gasteiger partial charge in [0, 0.05) is 29.2 Å². The van der Waals surface area contributed by atoms with Gasteiger partial charge in [-0.3, -0.25) is 4.90 Å². The third-order valence-electron chi connectivity index (χ3n) is 2.95. The van der Waals surface area contributed by atoms with Crippen LogP contribution in [-0.4, -0.2) is 24.6 Å². The van der Waals surface area contributed by atoms with Gasteiger partial charge < -0.3 is 4.74 Å². The van der Waals surface area contributed by atoms with Gasteiger partial charge in [-0.2, -0.15) is 0 Å². The zero-order valence-electron chi connectivity index (χ0n) is 12.0. The molecule has 0 N–H and O–H groups in total. The molecule has 0 radical (unpaired) electrons. The molecular formula is C15H24BrNO. The number of ether oxygens (including phenoxy) is 1.